The van der Waals surface area contributed by atoms with Crippen LogP contribution in [0.4, 0.5) is 0 Å². The second-order valence-electron chi connectivity index (χ2n) is 3.22. The van der Waals surface area contributed by atoms with E-state index in [0.717, 1.165) is 17.3 Å². The Kier molecular flexibility index (Phi) is 3.32. The Morgan fingerprint density at radius 2 is 2.33 bits per heavy atom. The minimum atomic E-state index is -0.562. The molecule has 1 aromatic rings. The number of hydrogen-bond acceptors (Lipinski definition) is 2. The van der Waals surface area contributed by atoms with Crippen molar-refractivity contribution in [2.24, 2.45) is 0 Å². The van der Waals surface area contributed by atoms with Gasteiger partial charge in [-0.2, -0.15) is 0 Å². The Hall–Kier alpha value is 0.140. The van der Waals surface area contributed by atoms with E-state index >= 15 is 0 Å². The molecule has 0 saturated carbocycles. The van der Waals surface area contributed by atoms with E-state index in [2.05, 4.69) is 15.9 Å². The molecule has 3 heteroatoms. The molecule has 0 aromatic carbocycles. The summed E-state index contributed by atoms with van der Waals surface area (Å²) < 4.78 is 1.11. The lowest BCUT2D eigenvalue weighted by Gasteiger charge is -2.20. The van der Waals surface area contributed by atoms with Gasteiger partial charge in [-0.3, -0.25) is 0 Å². The van der Waals surface area contributed by atoms with Crippen LogP contribution in [0.25, 0.3) is 0 Å². The molecule has 0 aliphatic carbocycles. The lowest BCUT2D eigenvalue weighted by molar-refractivity contribution is 0.0571. The molecule has 12 heavy (non-hydrogen) atoms. The summed E-state index contributed by atoms with van der Waals surface area (Å²) in [6, 6.07) is 2.02. The highest BCUT2D eigenvalue weighted by molar-refractivity contribution is 9.10. The quantitative estimate of drug-likeness (QED) is 0.872. The van der Waals surface area contributed by atoms with E-state index in [4.69, 9.17) is 0 Å². The normalized spacial score (nSPS) is 16.0. The van der Waals surface area contributed by atoms with Crippen LogP contribution in [0.5, 0.6) is 0 Å². The second-order valence-corrected chi connectivity index (χ2v) is 5.07. The standard InChI is InChI=1S/C9H13BrOS/c1-3-9(2,11)6-8-7(10)4-5-12-8/h4-5,11H,3,6H2,1-2H3. The van der Waals surface area contributed by atoms with Gasteiger partial charge in [0.05, 0.1) is 5.60 Å². The maximum atomic E-state index is 9.81. The molecule has 0 spiro atoms. The molecule has 1 nitrogen and oxygen atoms in total. The van der Waals surface area contributed by atoms with E-state index in [9.17, 15) is 5.11 Å². The first-order valence-corrected chi connectivity index (χ1v) is 5.66. The van der Waals surface area contributed by atoms with Gasteiger partial charge in [0.25, 0.3) is 0 Å². The predicted octanol–water partition coefficient (Wildman–Crippen LogP) is 3.21. The van der Waals surface area contributed by atoms with Gasteiger partial charge in [-0.05, 0) is 40.7 Å². The largest absolute Gasteiger partial charge is 0.390 e. The molecule has 1 atom stereocenters. The summed E-state index contributed by atoms with van der Waals surface area (Å²) in [4.78, 5) is 1.22. The van der Waals surface area contributed by atoms with Crippen LogP contribution < -0.4 is 0 Å². The van der Waals surface area contributed by atoms with E-state index in [1.165, 1.54) is 4.88 Å². The molecule has 0 fully saturated rings. The van der Waals surface area contributed by atoms with Crippen molar-refractivity contribution < 1.29 is 5.11 Å². The van der Waals surface area contributed by atoms with Crippen molar-refractivity contribution in [1.29, 1.82) is 0 Å². The maximum absolute atomic E-state index is 9.81. The summed E-state index contributed by atoms with van der Waals surface area (Å²) >= 11 is 5.13. The summed E-state index contributed by atoms with van der Waals surface area (Å²) in [5.74, 6) is 0. The highest BCUT2D eigenvalue weighted by atomic mass is 79.9. The molecular formula is C9H13BrOS. The van der Waals surface area contributed by atoms with Gasteiger partial charge < -0.3 is 5.11 Å². The van der Waals surface area contributed by atoms with Gasteiger partial charge in [0, 0.05) is 15.8 Å². The van der Waals surface area contributed by atoms with Crippen molar-refractivity contribution in [3.8, 4) is 0 Å². The average molecular weight is 249 g/mol. The SMILES string of the molecule is CCC(C)(O)Cc1sccc1Br. The molecule has 0 radical (unpaired) electrons. The third-order valence-electron chi connectivity index (χ3n) is 1.99. The van der Waals surface area contributed by atoms with Crippen LogP contribution in [0, 0.1) is 0 Å². The molecular weight excluding hydrogens is 236 g/mol. The van der Waals surface area contributed by atoms with Gasteiger partial charge in [-0.1, -0.05) is 6.92 Å². The lowest BCUT2D eigenvalue weighted by atomic mass is 9.99. The smallest absolute Gasteiger partial charge is 0.0665 e. The molecule has 1 N–H and O–H groups in total. The third-order valence-corrected chi connectivity index (χ3v) is 3.92. The molecule has 0 amide bonds. The number of thiophene rings is 1. The zero-order valence-corrected chi connectivity index (χ0v) is 9.70. The van der Waals surface area contributed by atoms with Crippen LogP contribution in [-0.2, 0) is 6.42 Å². The summed E-state index contributed by atoms with van der Waals surface area (Å²) in [5.41, 5.74) is -0.562. The zero-order valence-electron chi connectivity index (χ0n) is 7.30. The Bertz CT molecular complexity index is 255. The zero-order chi connectivity index (χ0) is 9.19. The monoisotopic (exact) mass is 248 g/mol. The fraction of sp³-hybridized carbons (Fsp3) is 0.556. The first kappa shape index (κ1) is 10.2. The molecule has 0 bridgehead atoms. The van der Waals surface area contributed by atoms with E-state index in [0.29, 0.717) is 0 Å². The van der Waals surface area contributed by atoms with Crippen LogP contribution in [0.2, 0.25) is 0 Å². The highest BCUT2D eigenvalue weighted by Crippen LogP contribution is 2.27. The Balaban J connectivity index is 2.70. The first-order valence-electron chi connectivity index (χ1n) is 3.99. The molecule has 1 aromatic heterocycles. The predicted molar refractivity (Wildman–Crippen MR) is 56.6 cm³/mol. The van der Waals surface area contributed by atoms with Gasteiger partial charge in [-0.15, -0.1) is 11.3 Å². The summed E-state index contributed by atoms with van der Waals surface area (Å²) in [6.07, 6.45) is 1.53. The number of halogens is 1. The summed E-state index contributed by atoms with van der Waals surface area (Å²) in [7, 11) is 0. The fourth-order valence-corrected chi connectivity index (χ4v) is 2.59. The van der Waals surface area contributed by atoms with Crippen LogP contribution in [0.3, 0.4) is 0 Å². The third kappa shape index (κ3) is 2.57. The number of rotatable bonds is 3. The van der Waals surface area contributed by atoms with Crippen LogP contribution in [-0.4, -0.2) is 10.7 Å². The van der Waals surface area contributed by atoms with Gasteiger partial charge in [0.1, 0.15) is 0 Å². The van der Waals surface area contributed by atoms with Crippen molar-refractivity contribution in [3.63, 3.8) is 0 Å². The maximum Gasteiger partial charge on any atom is 0.0665 e. The molecule has 0 aliphatic heterocycles. The van der Waals surface area contributed by atoms with Crippen molar-refractivity contribution in [3.05, 3.63) is 20.8 Å². The van der Waals surface area contributed by atoms with E-state index in [1.807, 2.05) is 25.3 Å². The Morgan fingerprint density at radius 3 is 2.75 bits per heavy atom. The molecule has 1 heterocycles. The van der Waals surface area contributed by atoms with Crippen molar-refractivity contribution in [2.75, 3.05) is 0 Å². The van der Waals surface area contributed by atoms with Crippen LogP contribution >= 0.6 is 27.3 Å². The van der Waals surface area contributed by atoms with Crippen LogP contribution in [0.1, 0.15) is 25.1 Å². The minimum Gasteiger partial charge on any atom is -0.390 e. The molecule has 68 valence electrons. The van der Waals surface area contributed by atoms with Crippen molar-refractivity contribution in [1.82, 2.24) is 0 Å². The van der Waals surface area contributed by atoms with E-state index in [-0.39, 0.29) is 0 Å². The summed E-state index contributed by atoms with van der Waals surface area (Å²) in [6.45, 7) is 3.88. The van der Waals surface area contributed by atoms with Crippen molar-refractivity contribution >= 4 is 27.3 Å². The molecule has 1 unspecified atom stereocenters. The number of aliphatic hydroxyl groups is 1. The van der Waals surface area contributed by atoms with Gasteiger partial charge in [0.15, 0.2) is 0 Å². The van der Waals surface area contributed by atoms with E-state index < -0.39 is 5.60 Å². The van der Waals surface area contributed by atoms with Crippen molar-refractivity contribution in [2.45, 2.75) is 32.3 Å². The molecule has 0 aliphatic rings. The highest BCUT2D eigenvalue weighted by Gasteiger charge is 2.19. The lowest BCUT2D eigenvalue weighted by Crippen LogP contribution is -2.25. The first-order chi connectivity index (χ1) is 5.55. The average Bonchev–Trinajstić information content (AvgIpc) is 2.36. The fourth-order valence-electron chi connectivity index (χ4n) is 0.922. The minimum absolute atomic E-state index is 0.562. The summed E-state index contributed by atoms with van der Waals surface area (Å²) in [5, 5.41) is 11.8. The molecule has 0 saturated heterocycles. The topological polar surface area (TPSA) is 20.2 Å². The second kappa shape index (κ2) is 3.90. The number of hydrogen-bond donors (Lipinski definition) is 1. The van der Waals surface area contributed by atoms with Crippen LogP contribution in [0.15, 0.2) is 15.9 Å². The molecule has 1 rings (SSSR count). The Labute approximate surface area is 85.6 Å². The van der Waals surface area contributed by atoms with Gasteiger partial charge >= 0.3 is 0 Å². The van der Waals surface area contributed by atoms with Gasteiger partial charge in [0.2, 0.25) is 0 Å². The Morgan fingerprint density at radius 1 is 1.67 bits per heavy atom. The van der Waals surface area contributed by atoms with E-state index in [1.54, 1.807) is 11.3 Å². The van der Waals surface area contributed by atoms with Gasteiger partial charge in [-0.25, -0.2) is 0 Å².